The molecule has 4 rings (SSSR count). The summed E-state index contributed by atoms with van der Waals surface area (Å²) in [5.74, 6) is 0.0148. The highest BCUT2D eigenvalue weighted by atomic mass is 19.1. The predicted octanol–water partition coefficient (Wildman–Crippen LogP) is 2.74. The third kappa shape index (κ3) is 5.22. The molecule has 3 heterocycles. The van der Waals surface area contributed by atoms with Crippen molar-refractivity contribution >= 4 is 5.91 Å². The van der Waals surface area contributed by atoms with Gasteiger partial charge in [-0.2, -0.15) is 5.10 Å². The highest BCUT2D eigenvalue weighted by molar-refractivity contribution is 5.76. The zero-order chi connectivity index (χ0) is 20.1. The first kappa shape index (κ1) is 20.0. The Hall–Kier alpha value is -2.25. The van der Waals surface area contributed by atoms with E-state index in [4.69, 9.17) is 0 Å². The first-order valence-corrected chi connectivity index (χ1v) is 10.7. The van der Waals surface area contributed by atoms with Crippen LogP contribution >= 0.6 is 0 Å². The molecule has 2 aromatic rings. The minimum Gasteiger partial charge on any atom is -0.340 e. The molecule has 6 nitrogen and oxygen atoms in total. The zero-order valence-corrected chi connectivity index (χ0v) is 16.9. The Bertz CT molecular complexity index is 800. The second kappa shape index (κ2) is 9.50. The van der Waals surface area contributed by atoms with Gasteiger partial charge in [0.15, 0.2) is 0 Å². The van der Waals surface area contributed by atoms with Crippen molar-refractivity contribution in [2.24, 2.45) is 0 Å². The number of nitrogens with one attached hydrogen (secondary N) is 1. The van der Waals surface area contributed by atoms with E-state index in [9.17, 15) is 9.18 Å². The van der Waals surface area contributed by atoms with E-state index in [2.05, 4.69) is 20.0 Å². The molecule has 0 radical (unpaired) electrons. The maximum atomic E-state index is 13.2. The highest BCUT2D eigenvalue weighted by Crippen LogP contribution is 2.23. The van der Waals surface area contributed by atoms with E-state index in [1.807, 2.05) is 11.1 Å². The van der Waals surface area contributed by atoms with E-state index in [0.29, 0.717) is 6.42 Å². The monoisotopic (exact) mass is 399 g/mol. The molecule has 156 valence electrons. The van der Waals surface area contributed by atoms with Gasteiger partial charge in [-0.3, -0.25) is 14.8 Å². The van der Waals surface area contributed by atoms with Crippen LogP contribution in [0.1, 0.15) is 31.2 Å². The Labute approximate surface area is 171 Å². The second-order valence-electron chi connectivity index (χ2n) is 8.09. The van der Waals surface area contributed by atoms with Gasteiger partial charge in [0.25, 0.3) is 0 Å². The summed E-state index contributed by atoms with van der Waals surface area (Å²) in [6, 6.07) is 6.46. The van der Waals surface area contributed by atoms with Crippen molar-refractivity contribution in [3.8, 4) is 11.3 Å². The predicted molar refractivity (Wildman–Crippen MR) is 111 cm³/mol. The molecule has 2 fully saturated rings. The van der Waals surface area contributed by atoms with E-state index in [-0.39, 0.29) is 11.7 Å². The number of H-pyrrole nitrogens is 1. The molecule has 1 aromatic heterocycles. The van der Waals surface area contributed by atoms with Crippen LogP contribution in [0.15, 0.2) is 30.5 Å². The fraction of sp³-hybridized carbons (Fsp3) is 0.545. The summed E-state index contributed by atoms with van der Waals surface area (Å²) in [5, 5.41) is 7.23. The van der Waals surface area contributed by atoms with Crippen molar-refractivity contribution in [1.82, 2.24) is 24.9 Å². The number of halogens is 1. The summed E-state index contributed by atoms with van der Waals surface area (Å²) in [6.45, 7) is 7.28. The third-order valence-electron chi connectivity index (χ3n) is 6.06. The van der Waals surface area contributed by atoms with Crippen LogP contribution in [0, 0.1) is 5.82 Å². The SMILES string of the molecule is O=C1CCN(Cc2cn[nH]c2-c2ccc(F)cc2)CCN1CCN1CCCCC1. The first-order valence-electron chi connectivity index (χ1n) is 10.7. The molecule has 2 saturated heterocycles. The number of aromatic nitrogens is 2. The largest absolute Gasteiger partial charge is 0.340 e. The average molecular weight is 400 g/mol. The Kier molecular flexibility index (Phi) is 6.56. The molecule has 0 saturated carbocycles. The third-order valence-corrected chi connectivity index (χ3v) is 6.06. The van der Waals surface area contributed by atoms with Gasteiger partial charge in [-0.25, -0.2) is 4.39 Å². The Morgan fingerprint density at radius 3 is 2.52 bits per heavy atom. The lowest BCUT2D eigenvalue weighted by atomic mass is 10.1. The van der Waals surface area contributed by atoms with Crippen molar-refractivity contribution in [2.75, 3.05) is 45.8 Å². The zero-order valence-electron chi connectivity index (χ0n) is 16.9. The standard InChI is InChI=1S/C22H30FN5O/c23-20-6-4-18(5-7-20)22-19(16-24-25-22)17-27-11-8-21(29)28(15-13-27)14-12-26-9-2-1-3-10-26/h4-7,16H,1-3,8-15,17H2,(H,24,25). The van der Waals surface area contributed by atoms with Crippen molar-refractivity contribution in [1.29, 1.82) is 0 Å². The fourth-order valence-electron chi connectivity index (χ4n) is 4.29. The summed E-state index contributed by atoms with van der Waals surface area (Å²) in [6.07, 6.45) is 6.29. The number of nitrogens with zero attached hydrogens (tertiary/aromatic N) is 4. The fourth-order valence-corrected chi connectivity index (χ4v) is 4.29. The number of hydrogen-bond donors (Lipinski definition) is 1. The van der Waals surface area contributed by atoms with Crippen molar-refractivity contribution in [3.05, 3.63) is 41.8 Å². The lowest BCUT2D eigenvalue weighted by Crippen LogP contribution is -2.41. The van der Waals surface area contributed by atoms with Crippen LogP contribution in [0.4, 0.5) is 4.39 Å². The molecule has 1 aromatic carbocycles. The van der Waals surface area contributed by atoms with E-state index in [1.165, 1.54) is 44.5 Å². The number of piperidine rings is 1. The van der Waals surface area contributed by atoms with Crippen LogP contribution in [-0.4, -0.2) is 76.6 Å². The first-order chi connectivity index (χ1) is 14.2. The smallest absolute Gasteiger partial charge is 0.223 e. The van der Waals surface area contributed by atoms with Gasteiger partial charge in [-0.1, -0.05) is 6.42 Å². The lowest BCUT2D eigenvalue weighted by Gasteiger charge is -2.29. The summed E-state index contributed by atoms with van der Waals surface area (Å²) in [7, 11) is 0. The lowest BCUT2D eigenvalue weighted by molar-refractivity contribution is -0.130. The molecule has 7 heteroatoms. The van der Waals surface area contributed by atoms with Gasteiger partial charge in [-0.15, -0.1) is 0 Å². The van der Waals surface area contributed by atoms with Gasteiger partial charge >= 0.3 is 0 Å². The number of rotatable bonds is 6. The number of likely N-dealkylation sites (tertiary alicyclic amines) is 1. The quantitative estimate of drug-likeness (QED) is 0.812. The van der Waals surface area contributed by atoms with Gasteiger partial charge in [0, 0.05) is 56.8 Å². The number of carbonyl (C=O) groups is 1. The minimum atomic E-state index is -0.245. The number of carbonyl (C=O) groups excluding carboxylic acids is 1. The summed E-state index contributed by atoms with van der Waals surface area (Å²) in [4.78, 5) is 19.4. The van der Waals surface area contributed by atoms with Crippen LogP contribution in [0.5, 0.6) is 0 Å². The van der Waals surface area contributed by atoms with Gasteiger partial charge in [0.05, 0.1) is 11.9 Å². The van der Waals surface area contributed by atoms with Crippen molar-refractivity contribution < 1.29 is 9.18 Å². The van der Waals surface area contributed by atoms with Gasteiger partial charge in [-0.05, 0) is 50.2 Å². The molecule has 0 spiro atoms. The summed E-state index contributed by atoms with van der Waals surface area (Å²) in [5.41, 5.74) is 2.92. The van der Waals surface area contributed by atoms with Crippen molar-refractivity contribution in [3.63, 3.8) is 0 Å². The molecule has 0 aliphatic carbocycles. The van der Waals surface area contributed by atoms with E-state index < -0.39 is 0 Å². The van der Waals surface area contributed by atoms with Crippen LogP contribution in [0.3, 0.4) is 0 Å². The van der Waals surface area contributed by atoms with E-state index in [1.54, 1.807) is 12.1 Å². The van der Waals surface area contributed by atoms with Gasteiger partial charge in [0.2, 0.25) is 5.91 Å². The molecule has 0 unspecified atom stereocenters. The molecular weight excluding hydrogens is 369 g/mol. The summed E-state index contributed by atoms with van der Waals surface area (Å²) >= 11 is 0. The van der Waals surface area contributed by atoms with E-state index in [0.717, 1.165) is 56.1 Å². The summed E-state index contributed by atoms with van der Waals surface area (Å²) < 4.78 is 13.2. The average Bonchev–Trinajstić information content (AvgIpc) is 3.13. The second-order valence-corrected chi connectivity index (χ2v) is 8.09. The topological polar surface area (TPSA) is 55.5 Å². The van der Waals surface area contributed by atoms with Crippen LogP contribution in [0.2, 0.25) is 0 Å². The minimum absolute atomic E-state index is 0.245. The molecule has 1 N–H and O–H groups in total. The molecule has 2 aliphatic heterocycles. The Morgan fingerprint density at radius 2 is 1.72 bits per heavy atom. The number of amides is 1. The Morgan fingerprint density at radius 1 is 0.931 bits per heavy atom. The van der Waals surface area contributed by atoms with Gasteiger partial charge in [0.1, 0.15) is 5.82 Å². The Balaban J connectivity index is 1.33. The molecule has 2 aliphatic rings. The number of aromatic amines is 1. The molecule has 29 heavy (non-hydrogen) atoms. The van der Waals surface area contributed by atoms with Gasteiger partial charge < -0.3 is 9.80 Å². The van der Waals surface area contributed by atoms with Crippen LogP contribution < -0.4 is 0 Å². The molecule has 1 amide bonds. The van der Waals surface area contributed by atoms with E-state index >= 15 is 0 Å². The normalized spacial score (nSPS) is 19.5. The highest BCUT2D eigenvalue weighted by Gasteiger charge is 2.23. The molecule has 0 bridgehead atoms. The number of benzene rings is 1. The van der Waals surface area contributed by atoms with Crippen molar-refractivity contribution in [2.45, 2.75) is 32.2 Å². The molecular formula is C22H30FN5O. The van der Waals surface area contributed by atoms with Crippen LogP contribution in [-0.2, 0) is 11.3 Å². The number of hydrogen-bond acceptors (Lipinski definition) is 4. The maximum Gasteiger partial charge on any atom is 0.223 e. The molecule has 0 atom stereocenters. The van der Waals surface area contributed by atoms with Crippen LogP contribution in [0.25, 0.3) is 11.3 Å². The maximum absolute atomic E-state index is 13.2.